The van der Waals surface area contributed by atoms with Gasteiger partial charge in [0.25, 0.3) is 5.91 Å². The molecule has 0 aliphatic heterocycles. The van der Waals surface area contributed by atoms with E-state index in [9.17, 15) is 9.90 Å². The molecule has 1 aromatic heterocycles. The Bertz CT molecular complexity index is 615. The molecule has 5 N–H and O–H groups in total. The van der Waals surface area contributed by atoms with Crippen LogP contribution in [0.2, 0.25) is 0 Å². The highest BCUT2D eigenvalue weighted by Crippen LogP contribution is 2.19. The van der Waals surface area contributed by atoms with Gasteiger partial charge in [-0.05, 0) is 37.1 Å². The second-order valence-electron chi connectivity index (χ2n) is 5.14. The molecule has 0 aliphatic rings. The van der Waals surface area contributed by atoms with E-state index in [1.54, 1.807) is 12.1 Å². The molecule has 2 aromatic rings. The van der Waals surface area contributed by atoms with Gasteiger partial charge < -0.3 is 21.1 Å². The molecule has 1 aromatic carbocycles. The van der Waals surface area contributed by atoms with Crippen LogP contribution >= 0.6 is 0 Å². The number of nitrogens with one attached hydrogen (secondary N) is 2. The second-order valence-corrected chi connectivity index (χ2v) is 5.14. The second kappa shape index (κ2) is 5.54. The summed E-state index contributed by atoms with van der Waals surface area (Å²) in [6.07, 6.45) is 1.21. The van der Waals surface area contributed by atoms with Crippen molar-refractivity contribution in [3.05, 3.63) is 30.0 Å². The molecule has 0 atom stereocenters. The Morgan fingerprint density at radius 2 is 2.05 bits per heavy atom. The van der Waals surface area contributed by atoms with Gasteiger partial charge in [0.15, 0.2) is 0 Å². The smallest absolute Gasteiger partial charge is 0.267 e. The lowest BCUT2D eigenvalue weighted by Gasteiger charge is -2.25. The lowest BCUT2D eigenvalue weighted by molar-refractivity contribution is 0.0313. The van der Waals surface area contributed by atoms with Gasteiger partial charge in [-0.25, -0.2) is 0 Å². The molecule has 1 heterocycles. The maximum Gasteiger partial charge on any atom is 0.267 e. The minimum Gasteiger partial charge on any atom is -0.399 e. The Morgan fingerprint density at radius 3 is 2.70 bits per heavy atom. The van der Waals surface area contributed by atoms with Gasteiger partial charge in [-0.15, -0.1) is 0 Å². The van der Waals surface area contributed by atoms with Crippen LogP contribution in [0.25, 0.3) is 10.9 Å². The monoisotopic (exact) mass is 275 g/mol. The average molecular weight is 275 g/mol. The standard InChI is InChI=1S/C15H21N3O2/c1-3-15(20,4-2)9-17-14(19)13-8-10-7-11(16)5-6-12(10)18-13/h5-8,18,20H,3-4,9,16H2,1-2H3,(H,17,19). The van der Waals surface area contributed by atoms with Crippen LogP contribution in [0, 0.1) is 0 Å². The molecule has 108 valence electrons. The molecule has 0 spiro atoms. The fourth-order valence-corrected chi connectivity index (χ4v) is 2.11. The van der Waals surface area contributed by atoms with Crippen molar-refractivity contribution in [2.75, 3.05) is 12.3 Å². The van der Waals surface area contributed by atoms with Crippen LogP contribution in [0.4, 0.5) is 5.69 Å². The van der Waals surface area contributed by atoms with Crippen molar-refractivity contribution >= 4 is 22.5 Å². The first-order valence-corrected chi connectivity index (χ1v) is 6.86. The number of aromatic nitrogens is 1. The molecule has 0 unspecified atom stereocenters. The minimum absolute atomic E-state index is 0.222. The van der Waals surface area contributed by atoms with Gasteiger partial charge >= 0.3 is 0 Å². The molecule has 5 heteroatoms. The lowest BCUT2D eigenvalue weighted by atomic mass is 9.97. The van der Waals surface area contributed by atoms with Crippen molar-refractivity contribution in [3.8, 4) is 0 Å². The van der Waals surface area contributed by atoms with Gasteiger partial charge in [0.2, 0.25) is 0 Å². The van der Waals surface area contributed by atoms with Crippen molar-refractivity contribution in [2.24, 2.45) is 0 Å². The fraction of sp³-hybridized carbons (Fsp3) is 0.400. The summed E-state index contributed by atoms with van der Waals surface area (Å²) in [6.45, 7) is 4.05. The highest BCUT2D eigenvalue weighted by molar-refractivity contribution is 5.98. The molecule has 0 saturated carbocycles. The Labute approximate surface area is 118 Å². The maximum atomic E-state index is 12.1. The zero-order valence-electron chi connectivity index (χ0n) is 11.9. The van der Waals surface area contributed by atoms with E-state index in [4.69, 9.17) is 5.73 Å². The van der Waals surface area contributed by atoms with Gasteiger partial charge in [-0.3, -0.25) is 4.79 Å². The predicted octanol–water partition coefficient (Wildman–Crippen LogP) is 2.03. The van der Waals surface area contributed by atoms with Crippen LogP contribution in [0.15, 0.2) is 24.3 Å². The van der Waals surface area contributed by atoms with Crippen molar-refractivity contribution < 1.29 is 9.90 Å². The van der Waals surface area contributed by atoms with E-state index in [-0.39, 0.29) is 12.5 Å². The van der Waals surface area contributed by atoms with E-state index in [2.05, 4.69) is 10.3 Å². The number of nitrogen functional groups attached to an aromatic ring is 1. The summed E-state index contributed by atoms with van der Waals surface area (Å²) in [5, 5.41) is 13.8. The SMILES string of the molecule is CCC(O)(CC)CNC(=O)c1cc2cc(N)ccc2[nH]1. The number of fused-ring (bicyclic) bond motifs is 1. The molecule has 20 heavy (non-hydrogen) atoms. The predicted molar refractivity (Wildman–Crippen MR) is 80.6 cm³/mol. The first-order valence-electron chi connectivity index (χ1n) is 6.86. The summed E-state index contributed by atoms with van der Waals surface area (Å²) in [4.78, 5) is 15.1. The molecule has 0 saturated heterocycles. The zero-order valence-corrected chi connectivity index (χ0v) is 11.9. The summed E-state index contributed by atoms with van der Waals surface area (Å²) >= 11 is 0. The van der Waals surface area contributed by atoms with Gasteiger partial charge in [0, 0.05) is 23.1 Å². The van der Waals surface area contributed by atoms with Gasteiger partial charge in [-0.2, -0.15) is 0 Å². The van der Waals surface area contributed by atoms with E-state index >= 15 is 0 Å². The van der Waals surface area contributed by atoms with E-state index in [1.165, 1.54) is 0 Å². The number of rotatable bonds is 5. The lowest BCUT2D eigenvalue weighted by Crippen LogP contribution is -2.42. The van der Waals surface area contributed by atoms with Crippen LogP contribution in [-0.2, 0) is 0 Å². The topological polar surface area (TPSA) is 91.1 Å². The number of hydrogen-bond donors (Lipinski definition) is 4. The highest BCUT2D eigenvalue weighted by Gasteiger charge is 2.23. The third kappa shape index (κ3) is 2.93. The van der Waals surface area contributed by atoms with Crippen molar-refractivity contribution in [1.82, 2.24) is 10.3 Å². The summed E-state index contributed by atoms with van der Waals surface area (Å²) in [7, 11) is 0. The molecular weight excluding hydrogens is 254 g/mol. The average Bonchev–Trinajstić information content (AvgIpc) is 2.87. The largest absolute Gasteiger partial charge is 0.399 e. The van der Waals surface area contributed by atoms with E-state index in [0.717, 1.165) is 10.9 Å². The minimum atomic E-state index is -0.841. The molecule has 0 bridgehead atoms. The first-order chi connectivity index (χ1) is 9.47. The molecule has 0 aliphatic carbocycles. The Balaban J connectivity index is 2.11. The van der Waals surface area contributed by atoms with E-state index in [0.29, 0.717) is 24.2 Å². The first kappa shape index (κ1) is 14.4. The number of benzene rings is 1. The summed E-state index contributed by atoms with van der Waals surface area (Å²) in [5.74, 6) is -0.222. The van der Waals surface area contributed by atoms with Gasteiger partial charge in [0.05, 0.1) is 5.60 Å². The Hall–Kier alpha value is -2.01. The number of carbonyl (C=O) groups is 1. The number of aliphatic hydroxyl groups is 1. The number of hydrogen-bond acceptors (Lipinski definition) is 3. The van der Waals surface area contributed by atoms with E-state index in [1.807, 2.05) is 26.0 Å². The number of nitrogens with two attached hydrogens (primary N) is 1. The van der Waals surface area contributed by atoms with Crippen molar-refractivity contribution in [2.45, 2.75) is 32.3 Å². The van der Waals surface area contributed by atoms with Crippen LogP contribution in [0.1, 0.15) is 37.2 Å². The quantitative estimate of drug-likeness (QED) is 0.629. The molecule has 0 radical (unpaired) electrons. The van der Waals surface area contributed by atoms with Gasteiger partial charge in [0.1, 0.15) is 5.69 Å². The molecule has 2 rings (SSSR count). The van der Waals surface area contributed by atoms with E-state index < -0.39 is 5.60 Å². The summed E-state index contributed by atoms with van der Waals surface area (Å²) < 4.78 is 0. The number of H-pyrrole nitrogens is 1. The zero-order chi connectivity index (χ0) is 14.8. The normalized spacial score (nSPS) is 11.8. The summed E-state index contributed by atoms with van der Waals surface area (Å²) in [5.41, 5.74) is 6.87. The maximum absolute atomic E-state index is 12.1. The molecular formula is C15H21N3O2. The van der Waals surface area contributed by atoms with Crippen molar-refractivity contribution in [1.29, 1.82) is 0 Å². The Kier molecular flexibility index (Phi) is 3.99. The summed E-state index contributed by atoms with van der Waals surface area (Å²) in [6, 6.07) is 7.21. The number of amides is 1. The third-order valence-electron chi connectivity index (χ3n) is 3.78. The number of aromatic amines is 1. The van der Waals surface area contributed by atoms with Crippen molar-refractivity contribution in [3.63, 3.8) is 0 Å². The number of anilines is 1. The third-order valence-corrected chi connectivity index (χ3v) is 3.78. The van der Waals surface area contributed by atoms with Gasteiger partial charge in [-0.1, -0.05) is 13.8 Å². The fourth-order valence-electron chi connectivity index (χ4n) is 2.11. The molecule has 0 fully saturated rings. The molecule has 5 nitrogen and oxygen atoms in total. The number of carbonyl (C=O) groups excluding carboxylic acids is 1. The molecule has 1 amide bonds. The van der Waals surface area contributed by atoms with Crippen LogP contribution < -0.4 is 11.1 Å². The highest BCUT2D eigenvalue weighted by atomic mass is 16.3. The van der Waals surface area contributed by atoms with Crippen LogP contribution in [0.3, 0.4) is 0 Å². The van der Waals surface area contributed by atoms with Crippen LogP contribution in [0.5, 0.6) is 0 Å². The Morgan fingerprint density at radius 1 is 1.35 bits per heavy atom. The van der Waals surface area contributed by atoms with Crippen LogP contribution in [-0.4, -0.2) is 28.1 Å².